The van der Waals surface area contributed by atoms with Crippen LogP contribution in [0.2, 0.25) is 0 Å². The van der Waals surface area contributed by atoms with E-state index in [2.05, 4.69) is 10.0 Å². The van der Waals surface area contributed by atoms with E-state index >= 15 is 0 Å². The number of rotatable bonds is 9. The highest BCUT2D eigenvalue weighted by Crippen LogP contribution is 2.19. The molecule has 8 heteroatoms. The van der Waals surface area contributed by atoms with Crippen molar-refractivity contribution in [1.82, 2.24) is 5.32 Å². The molecule has 3 aromatic rings. The molecule has 7 nitrogen and oxygen atoms in total. The predicted octanol–water partition coefficient (Wildman–Crippen LogP) is 3.69. The normalized spacial score (nSPS) is 11.9. The zero-order chi connectivity index (χ0) is 22.3. The lowest BCUT2D eigenvalue weighted by Crippen LogP contribution is -2.36. The van der Waals surface area contributed by atoms with Crippen molar-refractivity contribution in [2.24, 2.45) is 0 Å². The maximum absolute atomic E-state index is 12.5. The molecular weight excluding hydrogens is 416 g/mol. The SMILES string of the molecule is COc1ccc(S(=O)(=O)Nc2ccc(C(=O)NC(C)COc3ccccc3)cc2)cc1. The number of benzene rings is 3. The highest BCUT2D eigenvalue weighted by atomic mass is 32.2. The van der Waals surface area contributed by atoms with Crippen molar-refractivity contribution in [3.63, 3.8) is 0 Å². The number of nitrogens with one attached hydrogen (secondary N) is 2. The van der Waals surface area contributed by atoms with E-state index in [0.29, 0.717) is 23.6 Å². The van der Waals surface area contributed by atoms with E-state index in [1.165, 1.54) is 19.2 Å². The van der Waals surface area contributed by atoms with Crippen molar-refractivity contribution in [2.75, 3.05) is 18.4 Å². The third-order valence-electron chi connectivity index (χ3n) is 4.39. The summed E-state index contributed by atoms with van der Waals surface area (Å²) < 4.78 is 38.2. The molecule has 0 heterocycles. The molecule has 0 aliphatic rings. The first-order valence-corrected chi connectivity index (χ1v) is 11.1. The summed E-state index contributed by atoms with van der Waals surface area (Å²) in [5, 5.41) is 2.86. The van der Waals surface area contributed by atoms with Gasteiger partial charge in [-0.05, 0) is 67.6 Å². The number of hydrogen-bond acceptors (Lipinski definition) is 5. The molecule has 0 fully saturated rings. The summed E-state index contributed by atoms with van der Waals surface area (Å²) >= 11 is 0. The van der Waals surface area contributed by atoms with Crippen molar-refractivity contribution >= 4 is 21.6 Å². The minimum Gasteiger partial charge on any atom is -0.497 e. The summed E-state index contributed by atoms with van der Waals surface area (Å²) in [6, 6.07) is 21.4. The smallest absolute Gasteiger partial charge is 0.261 e. The Bertz CT molecular complexity index is 1100. The summed E-state index contributed by atoms with van der Waals surface area (Å²) in [4.78, 5) is 12.5. The molecule has 1 unspecified atom stereocenters. The van der Waals surface area contributed by atoms with Gasteiger partial charge in [-0.2, -0.15) is 0 Å². The first-order valence-electron chi connectivity index (χ1n) is 9.63. The van der Waals surface area contributed by atoms with Gasteiger partial charge in [0.1, 0.15) is 18.1 Å². The number of methoxy groups -OCH3 is 1. The quantitative estimate of drug-likeness (QED) is 0.529. The number of carbonyl (C=O) groups excluding carboxylic acids is 1. The van der Waals surface area contributed by atoms with Crippen LogP contribution in [0.15, 0.2) is 83.8 Å². The number of sulfonamides is 1. The van der Waals surface area contributed by atoms with E-state index in [1.54, 1.807) is 36.4 Å². The van der Waals surface area contributed by atoms with Gasteiger partial charge in [-0.1, -0.05) is 18.2 Å². The first kappa shape index (κ1) is 22.2. The fourth-order valence-corrected chi connectivity index (χ4v) is 3.80. The lowest BCUT2D eigenvalue weighted by molar-refractivity contribution is 0.0926. The molecule has 162 valence electrons. The molecule has 0 saturated heterocycles. The Hall–Kier alpha value is -3.52. The number of hydrogen-bond donors (Lipinski definition) is 2. The van der Waals surface area contributed by atoms with Gasteiger partial charge in [0.15, 0.2) is 0 Å². The molecule has 31 heavy (non-hydrogen) atoms. The van der Waals surface area contributed by atoms with E-state index in [9.17, 15) is 13.2 Å². The molecular formula is C23H24N2O5S. The van der Waals surface area contributed by atoms with E-state index < -0.39 is 10.0 Å². The van der Waals surface area contributed by atoms with Crippen LogP contribution >= 0.6 is 0 Å². The minimum absolute atomic E-state index is 0.113. The fraction of sp³-hybridized carbons (Fsp3) is 0.174. The van der Waals surface area contributed by atoms with Gasteiger partial charge in [0, 0.05) is 11.3 Å². The van der Waals surface area contributed by atoms with Crippen LogP contribution in [0.4, 0.5) is 5.69 Å². The molecule has 3 rings (SSSR count). The third-order valence-corrected chi connectivity index (χ3v) is 5.79. The number of anilines is 1. The van der Waals surface area contributed by atoms with Gasteiger partial charge < -0.3 is 14.8 Å². The van der Waals surface area contributed by atoms with Crippen molar-refractivity contribution in [3.05, 3.63) is 84.4 Å². The monoisotopic (exact) mass is 440 g/mol. The first-order chi connectivity index (χ1) is 14.9. The van der Waals surface area contributed by atoms with Crippen LogP contribution in [-0.4, -0.2) is 34.1 Å². The topological polar surface area (TPSA) is 93.7 Å². The molecule has 0 bridgehead atoms. The lowest BCUT2D eigenvalue weighted by Gasteiger charge is -2.15. The summed E-state index contributed by atoms with van der Waals surface area (Å²) in [7, 11) is -2.24. The van der Waals surface area contributed by atoms with Gasteiger partial charge in [-0.15, -0.1) is 0 Å². The molecule has 2 N–H and O–H groups in total. The maximum Gasteiger partial charge on any atom is 0.261 e. The highest BCUT2D eigenvalue weighted by Gasteiger charge is 2.15. The minimum atomic E-state index is -3.75. The van der Waals surface area contributed by atoms with Crippen molar-refractivity contribution < 1.29 is 22.7 Å². The lowest BCUT2D eigenvalue weighted by atomic mass is 10.2. The second-order valence-electron chi connectivity index (χ2n) is 6.86. The van der Waals surface area contributed by atoms with Crippen molar-refractivity contribution in [2.45, 2.75) is 17.9 Å². The van der Waals surface area contributed by atoms with Gasteiger partial charge >= 0.3 is 0 Å². The Balaban J connectivity index is 1.56. The fourth-order valence-electron chi connectivity index (χ4n) is 2.75. The predicted molar refractivity (Wildman–Crippen MR) is 119 cm³/mol. The Kier molecular flexibility index (Phi) is 7.15. The summed E-state index contributed by atoms with van der Waals surface area (Å²) in [5.74, 6) is 1.03. The Morgan fingerprint density at radius 3 is 2.16 bits per heavy atom. The molecule has 0 spiro atoms. The second kappa shape index (κ2) is 9.99. The molecule has 0 aliphatic heterocycles. The van der Waals surface area contributed by atoms with Gasteiger partial charge in [-0.25, -0.2) is 8.42 Å². The summed E-state index contributed by atoms with van der Waals surface area (Å²) in [6.45, 7) is 2.17. The van der Waals surface area contributed by atoms with Crippen molar-refractivity contribution in [3.8, 4) is 11.5 Å². The van der Waals surface area contributed by atoms with Crippen LogP contribution in [0.1, 0.15) is 17.3 Å². The van der Waals surface area contributed by atoms with Crippen LogP contribution in [-0.2, 0) is 10.0 Å². The van der Waals surface area contributed by atoms with Gasteiger partial charge in [0.25, 0.3) is 15.9 Å². The number of para-hydroxylation sites is 1. The summed E-state index contributed by atoms with van der Waals surface area (Å²) in [6.07, 6.45) is 0. The second-order valence-corrected chi connectivity index (χ2v) is 8.54. The molecule has 0 radical (unpaired) electrons. The van der Waals surface area contributed by atoms with Gasteiger partial charge in [0.05, 0.1) is 18.0 Å². The van der Waals surface area contributed by atoms with E-state index in [-0.39, 0.29) is 16.8 Å². The maximum atomic E-state index is 12.5. The highest BCUT2D eigenvalue weighted by molar-refractivity contribution is 7.92. The van der Waals surface area contributed by atoms with Crippen LogP contribution in [0.25, 0.3) is 0 Å². The van der Waals surface area contributed by atoms with E-state index in [1.807, 2.05) is 37.3 Å². The van der Waals surface area contributed by atoms with E-state index in [0.717, 1.165) is 5.75 Å². The van der Waals surface area contributed by atoms with Gasteiger partial charge in [-0.3, -0.25) is 9.52 Å². The number of amides is 1. The summed E-state index contributed by atoms with van der Waals surface area (Å²) in [5.41, 5.74) is 0.770. The Morgan fingerprint density at radius 1 is 0.903 bits per heavy atom. The van der Waals surface area contributed by atoms with Gasteiger partial charge in [0.2, 0.25) is 0 Å². The number of ether oxygens (including phenoxy) is 2. The average molecular weight is 441 g/mol. The number of carbonyl (C=O) groups is 1. The zero-order valence-corrected chi connectivity index (χ0v) is 18.1. The third kappa shape index (κ3) is 6.23. The van der Waals surface area contributed by atoms with Crippen LogP contribution < -0.4 is 19.5 Å². The average Bonchev–Trinajstić information content (AvgIpc) is 2.78. The largest absolute Gasteiger partial charge is 0.497 e. The standard InChI is InChI=1S/C23H24N2O5S/c1-17(16-30-21-6-4-3-5-7-21)24-23(26)18-8-10-19(11-9-18)25-31(27,28)22-14-12-20(29-2)13-15-22/h3-15,17,25H,16H2,1-2H3,(H,24,26). The molecule has 0 aliphatic carbocycles. The molecule has 1 atom stereocenters. The van der Waals surface area contributed by atoms with Crippen LogP contribution in [0.3, 0.4) is 0 Å². The Labute approximate surface area is 182 Å². The van der Waals surface area contributed by atoms with E-state index in [4.69, 9.17) is 9.47 Å². The van der Waals surface area contributed by atoms with Crippen LogP contribution in [0.5, 0.6) is 11.5 Å². The van der Waals surface area contributed by atoms with Crippen molar-refractivity contribution in [1.29, 1.82) is 0 Å². The Morgan fingerprint density at radius 2 is 1.55 bits per heavy atom. The zero-order valence-electron chi connectivity index (χ0n) is 17.2. The molecule has 0 saturated carbocycles. The molecule has 0 aromatic heterocycles. The molecule has 3 aromatic carbocycles. The molecule has 1 amide bonds. The van der Waals surface area contributed by atoms with Crippen LogP contribution in [0, 0.1) is 0 Å².